The van der Waals surface area contributed by atoms with E-state index in [9.17, 15) is 4.79 Å². The summed E-state index contributed by atoms with van der Waals surface area (Å²) >= 11 is 7.76. The Kier molecular flexibility index (Phi) is 3.33. The largest absolute Gasteiger partial charge is 0.444 e. The maximum Gasteiger partial charge on any atom is 0.411 e. The molecule has 21 heavy (non-hydrogen) atoms. The molecular formula is C14H16ClN3O2S. The molecular weight excluding hydrogens is 310 g/mol. The zero-order valence-electron chi connectivity index (χ0n) is 12.3. The van der Waals surface area contributed by atoms with E-state index in [0.29, 0.717) is 11.7 Å². The molecule has 5 nitrogen and oxygen atoms in total. The molecule has 0 saturated carbocycles. The van der Waals surface area contributed by atoms with Crippen molar-refractivity contribution >= 4 is 39.2 Å². The minimum atomic E-state index is -0.504. The molecule has 3 rings (SSSR count). The van der Waals surface area contributed by atoms with Crippen LogP contribution >= 0.6 is 22.9 Å². The molecule has 0 fully saturated rings. The number of halogens is 1. The molecule has 0 N–H and O–H groups in total. The monoisotopic (exact) mass is 325 g/mol. The van der Waals surface area contributed by atoms with Gasteiger partial charge in [0.25, 0.3) is 0 Å². The second-order valence-electron chi connectivity index (χ2n) is 6.07. The molecule has 2 aromatic rings. The van der Waals surface area contributed by atoms with Crippen LogP contribution in [0.2, 0.25) is 5.15 Å². The Morgan fingerprint density at radius 1 is 1.48 bits per heavy atom. The van der Waals surface area contributed by atoms with E-state index in [1.165, 1.54) is 6.33 Å². The lowest BCUT2D eigenvalue weighted by Crippen LogP contribution is -2.35. The molecule has 0 aliphatic carbocycles. The molecule has 1 amide bonds. The van der Waals surface area contributed by atoms with Gasteiger partial charge in [0.15, 0.2) is 0 Å². The maximum absolute atomic E-state index is 12.3. The number of amides is 1. The highest BCUT2D eigenvalue weighted by atomic mass is 35.5. The first-order valence-electron chi connectivity index (χ1n) is 6.69. The molecule has 1 unspecified atom stereocenters. The zero-order valence-corrected chi connectivity index (χ0v) is 13.9. The van der Waals surface area contributed by atoms with E-state index in [2.05, 4.69) is 9.97 Å². The number of nitrogens with zero attached hydrogens (tertiary/aromatic N) is 3. The summed E-state index contributed by atoms with van der Waals surface area (Å²) in [7, 11) is 0. The van der Waals surface area contributed by atoms with Crippen LogP contribution in [0.3, 0.4) is 0 Å². The Balaban J connectivity index is 1.97. The first-order valence-corrected chi connectivity index (χ1v) is 7.89. The van der Waals surface area contributed by atoms with Crippen LogP contribution in [0.4, 0.5) is 4.79 Å². The van der Waals surface area contributed by atoms with Crippen LogP contribution in [-0.2, 0) is 11.3 Å². The average molecular weight is 326 g/mol. The van der Waals surface area contributed by atoms with Gasteiger partial charge in [-0.2, -0.15) is 0 Å². The minimum Gasteiger partial charge on any atom is -0.444 e. The standard InChI is InChI=1S/C14H16ClN3O2S/c1-7-9-8(5-18(7)13(19)20-14(2,3)4)21-12-10(9)11(15)16-6-17-12/h6-7H,5H2,1-4H3. The van der Waals surface area contributed by atoms with Crippen molar-refractivity contribution in [3.8, 4) is 0 Å². The van der Waals surface area contributed by atoms with Gasteiger partial charge in [-0.15, -0.1) is 11.3 Å². The fourth-order valence-corrected chi connectivity index (χ4v) is 4.03. The molecule has 7 heteroatoms. The van der Waals surface area contributed by atoms with E-state index >= 15 is 0 Å². The van der Waals surface area contributed by atoms with Crippen molar-refractivity contribution in [1.82, 2.24) is 14.9 Å². The second kappa shape index (κ2) is 4.81. The lowest BCUT2D eigenvalue weighted by molar-refractivity contribution is 0.0189. The summed E-state index contributed by atoms with van der Waals surface area (Å²) in [6, 6.07) is -0.0906. The summed E-state index contributed by atoms with van der Waals surface area (Å²) in [6.07, 6.45) is 1.16. The molecule has 0 radical (unpaired) electrons. The summed E-state index contributed by atoms with van der Waals surface area (Å²) in [5.41, 5.74) is 0.543. The highest BCUT2D eigenvalue weighted by Crippen LogP contribution is 2.45. The number of carbonyl (C=O) groups excluding carboxylic acids is 1. The van der Waals surface area contributed by atoms with Gasteiger partial charge in [-0.05, 0) is 27.7 Å². The van der Waals surface area contributed by atoms with Crippen LogP contribution in [-0.4, -0.2) is 26.6 Å². The molecule has 1 atom stereocenters. The van der Waals surface area contributed by atoms with Crippen molar-refractivity contribution < 1.29 is 9.53 Å². The maximum atomic E-state index is 12.3. The van der Waals surface area contributed by atoms with Crippen molar-refractivity contribution in [3.63, 3.8) is 0 Å². The first-order chi connectivity index (χ1) is 9.78. The topological polar surface area (TPSA) is 55.3 Å². The zero-order chi connectivity index (χ0) is 15.4. The third kappa shape index (κ3) is 2.46. The normalized spacial score (nSPS) is 18.1. The summed E-state index contributed by atoms with van der Waals surface area (Å²) in [6.45, 7) is 8.10. The molecule has 1 aliphatic rings. The minimum absolute atomic E-state index is 0.0906. The van der Waals surface area contributed by atoms with Gasteiger partial charge in [-0.1, -0.05) is 11.6 Å². The predicted molar refractivity (Wildman–Crippen MR) is 82.6 cm³/mol. The lowest BCUT2D eigenvalue weighted by atomic mass is 10.1. The van der Waals surface area contributed by atoms with E-state index < -0.39 is 5.60 Å². The number of hydrogen-bond acceptors (Lipinski definition) is 5. The number of fused-ring (bicyclic) bond motifs is 3. The van der Waals surface area contributed by atoms with Gasteiger partial charge in [-0.3, -0.25) is 4.90 Å². The molecule has 112 valence electrons. The number of rotatable bonds is 0. The Morgan fingerprint density at radius 2 is 2.19 bits per heavy atom. The van der Waals surface area contributed by atoms with Gasteiger partial charge in [-0.25, -0.2) is 14.8 Å². The number of hydrogen-bond donors (Lipinski definition) is 0. The van der Waals surface area contributed by atoms with Gasteiger partial charge in [0.05, 0.1) is 18.0 Å². The van der Waals surface area contributed by atoms with Crippen LogP contribution in [0, 0.1) is 0 Å². The number of thiophene rings is 1. The van der Waals surface area contributed by atoms with Gasteiger partial charge < -0.3 is 4.74 Å². The van der Waals surface area contributed by atoms with Gasteiger partial charge in [0.2, 0.25) is 0 Å². The van der Waals surface area contributed by atoms with Crippen molar-refractivity contribution in [2.45, 2.75) is 45.9 Å². The van der Waals surface area contributed by atoms with E-state index in [4.69, 9.17) is 16.3 Å². The fraction of sp³-hybridized carbons (Fsp3) is 0.500. The predicted octanol–water partition coefficient (Wildman–Crippen LogP) is 4.16. The fourth-order valence-electron chi connectivity index (χ4n) is 2.51. The van der Waals surface area contributed by atoms with Gasteiger partial charge in [0.1, 0.15) is 21.9 Å². The summed E-state index contributed by atoms with van der Waals surface area (Å²) < 4.78 is 5.46. The van der Waals surface area contributed by atoms with Crippen LogP contribution in [0.5, 0.6) is 0 Å². The SMILES string of the molecule is CC1c2c(sc3ncnc(Cl)c23)CN1C(=O)OC(C)(C)C. The summed E-state index contributed by atoms with van der Waals surface area (Å²) in [4.78, 5) is 24.3. The van der Waals surface area contributed by atoms with Crippen molar-refractivity contribution in [3.05, 3.63) is 21.9 Å². The van der Waals surface area contributed by atoms with E-state index in [-0.39, 0.29) is 12.1 Å². The molecule has 0 bridgehead atoms. The Bertz CT molecular complexity index is 723. The molecule has 3 heterocycles. The van der Waals surface area contributed by atoms with Crippen LogP contribution < -0.4 is 0 Å². The van der Waals surface area contributed by atoms with Crippen molar-refractivity contribution in [1.29, 1.82) is 0 Å². The number of carbonyl (C=O) groups is 1. The number of ether oxygens (including phenoxy) is 1. The van der Waals surface area contributed by atoms with E-state index in [1.807, 2.05) is 27.7 Å². The molecule has 1 aliphatic heterocycles. The van der Waals surface area contributed by atoms with Crippen molar-refractivity contribution in [2.75, 3.05) is 0 Å². The van der Waals surface area contributed by atoms with Gasteiger partial charge in [0, 0.05) is 10.4 Å². The Morgan fingerprint density at radius 3 is 2.86 bits per heavy atom. The highest BCUT2D eigenvalue weighted by molar-refractivity contribution is 7.19. The van der Waals surface area contributed by atoms with Crippen LogP contribution in [0.1, 0.15) is 44.2 Å². The first kappa shape index (κ1) is 14.5. The van der Waals surface area contributed by atoms with Crippen molar-refractivity contribution in [2.24, 2.45) is 0 Å². The Hall–Kier alpha value is -1.40. The third-order valence-electron chi connectivity index (χ3n) is 3.38. The third-order valence-corrected chi connectivity index (χ3v) is 4.77. The van der Waals surface area contributed by atoms with E-state index in [0.717, 1.165) is 20.7 Å². The molecule has 2 aromatic heterocycles. The summed E-state index contributed by atoms with van der Waals surface area (Å²) in [5.74, 6) is 0. The Labute approximate surface area is 131 Å². The van der Waals surface area contributed by atoms with E-state index in [1.54, 1.807) is 16.2 Å². The number of aromatic nitrogens is 2. The second-order valence-corrected chi connectivity index (χ2v) is 7.51. The van der Waals surface area contributed by atoms with Gasteiger partial charge >= 0.3 is 6.09 Å². The smallest absolute Gasteiger partial charge is 0.411 e. The lowest BCUT2D eigenvalue weighted by Gasteiger charge is -2.27. The van der Waals surface area contributed by atoms with Crippen LogP contribution in [0.25, 0.3) is 10.2 Å². The molecule has 0 spiro atoms. The van der Waals surface area contributed by atoms with Crippen LogP contribution in [0.15, 0.2) is 6.33 Å². The molecule has 0 saturated heterocycles. The average Bonchev–Trinajstić information content (AvgIpc) is 2.85. The summed E-state index contributed by atoms with van der Waals surface area (Å²) in [5, 5.41) is 1.30. The highest BCUT2D eigenvalue weighted by Gasteiger charge is 2.37. The quantitative estimate of drug-likeness (QED) is 0.682. The molecule has 0 aromatic carbocycles.